The van der Waals surface area contributed by atoms with Crippen LogP contribution < -0.4 is 4.73 Å². The van der Waals surface area contributed by atoms with Crippen LogP contribution in [0.15, 0.2) is 28.9 Å². The molecule has 3 heterocycles. The van der Waals surface area contributed by atoms with E-state index in [1.54, 1.807) is 11.0 Å². The average Bonchev–Trinajstić information content (AvgIpc) is 3.19. The molecule has 4 rings (SSSR count). The minimum Gasteiger partial charge on any atom is -0.633 e. The second kappa shape index (κ2) is 11.1. The van der Waals surface area contributed by atoms with Crippen molar-refractivity contribution >= 4 is 44.0 Å². The minimum atomic E-state index is -0.398. The van der Waals surface area contributed by atoms with Gasteiger partial charge in [0.05, 0.1) is 56.8 Å². The first-order valence-electron chi connectivity index (χ1n) is 12.1. The van der Waals surface area contributed by atoms with Crippen molar-refractivity contribution in [3.8, 4) is 0 Å². The van der Waals surface area contributed by atoms with Gasteiger partial charge in [-0.3, -0.25) is 4.90 Å². The van der Waals surface area contributed by atoms with Crippen molar-refractivity contribution in [2.75, 3.05) is 45.9 Å². The molecule has 11 heteroatoms. The number of rotatable bonds is 9. The molecule has 0 unspecified atom stereocenters. The van der Waals surface area contributed by atoms with Gasteiger partial charge in [0.25, 0.3) is 0 Å². The fourth-order valence-electron chi connectivity index (χ4n) is 4.42. The molecule has 1 aliphatic rings. The van der Waals surface area contributed by atoms with E-state index in [9.17, 15) is 15.2 Å². The van der Waals surface area contributed by atoms with Crippen molar-refractivity contribution in [1.82, 2.24) is 14.5 Å². The Bertz CT molecular complexity index is 1190. The summed E-state index contributed by atoms with van der Waals surface area (Å²) in [7, 11) is 0. The summed E-state index contributed by atoms with van der Waals surface area (Å²) in [6, 6.07) is 5.56. The quantitative estimate of drug-likeness (QED) is 0.174. The number of hydroxylamine groups is 3. The number of carbonyl (C=O) groups excluding carboxylic acids is 1. The van der Waals surface area contributed by atoms with Crippen molar-refractivity contribution in [2.45, 2.75) is 39.8 Å². The number of benzene rings is 1. The number of amides is 1. The zero-order valence-electron chi connectivity index (χ0n) is 20.2. The summed E-state index contributed by atoms with van der Waals surface area (Å²) < 4.78 is 14.2. The molecular weight excluding hydrogens is 518 g/mol. The van der Waals surface area contributed by atoms with Gasteiger partial charge in [0, 0.05) is 17.1 Å². The monoisotopic (exact) mass is 549 g/mol. The number of hydrogen-bond donors (Lipinski definition) is 0. The van der Waals surface area contributed by atoms with Crippen molar-refractivity contribution in [3.63, 3.8) is 0 Å². The van der Waals surface area contributed by atoms with E-state index in [2.05, 4.69) is 20.9 Å². The first-order chi connectivity index (χ1) is 16.8. The lowest BCUT2D eigenvalue weighted by atomic mass is 10.2. The summed E-state index contributed by atoms with van der Waals surface area (Å²) in [6.07, 6.45) is 2.93. The SMILES string of the molecule is CCCCOC(=O)N1CC[N+]([O-])(CCn2c(COCC)nc3c[n+]([O-])c4cc(Br)ccc4c32)CC1. The molecule has 3 aromatic rings. The molecule has 1 amide bonds. The molecule has 0 N–H and O–H groups in total. The van der Waals surface area contributed by atoms with E-state index in [4.69, 9.17) is 9.47 Å². The number of nitrogens with zero attached hydrogens (tertiary/aromatic N) is 5. The van der Waals surface area contributed by atoms with E-state index in [1.165, 1.54) is 6.20 Å². The Morgan fingerprint density at radius 3 is 2.77 bits per heavy atom. The Balaban J connectivity index is 1.55. The van der Waals surface area contributed by atoms with E-state index < -0.39 is 4.65 Å². The van der Waals surface area contributed by atoms with Crippen LogP contribution in [0, 0.1) is 10.4 Å². The number of piperazine rings is 1. The molecule has 1 aliphatic heterocycles. The number of quaternary nitrogens is 1. The van der Waals surface area contributed by atoms with E-state index in [-0.39, 0.29) is 12.7 Å². The molecule has 0 bridgehead atoms. The third kappa shape index (κ3) is 5.69. The van der Waals surface area contributed by atoms with Crippen molar-refractivity contribution in [2.24, 2.45) is 0 Å². The maximum absolute atomic E-state index is 13.5. The van der Waals surface area contributed by atoms with Gasteiger partial charge in [0.15, 0.2) is 5.52 Å². The maximum atomic E-state index is 13.5. The van der Waals surface area contributed by atoms with Gasteiger partial charge in [-0.1, -0.05) is 29.3 Å². The largest absolute Gasteiger partial charge is 0.633 e. The van der Waals surface area contributed by atoms with Gasteiger partial charge >= 0.3 is 6.09 Å². The Hall–Kier alpha value is -2.47. The molecule has 0 saturated carbocycles. The lowest BCUT2D eigenvalue weighted by Crippen LogP contribution is -2.58. The fourth-order valence-corrected chi connectivity index (χ4v) is 4.77. The van der Waals surface area contributed by atoms with Crippen LogP contribution >= 0.6 is 15.9 Å². The molecule has 0 radical (unpaired) electrons. The van der Waals surface area contributed by atoms with Crippen LogP contribution in [0.5, 0.6) is 0 Å². The van der Waals surface area contributed by atoms with Crippen LogP contribution in [0.4, 0.5) is 4.79 Å². The van der Waals surface area contributed by atoms with Gasteiger partial charge < -0.3 is 29.1 Å². The van der Waals surface area contributed by atoms with Crippen LogP contribution in [-0.4, -0.2) is 71.1 Å². The molecular formula is C24H32BrN5O5. The van der Waals surface area contributed by atoms with Crippen LogP contribution in [0.2, 0.25) is 0 Å². The Labute approximate surface area is 212 Å². The molecule has 190 valence electrons. The summed E-state index contributed by atoms with van der Waals surface area (Å²) >= 11 is 3.44. The molecule has 10 nitrogen and oxygen atoms in total. The lowest BCUT2D eigenvalue weighted by Gasteiger charge is -2.48. The predicted molar refractivity (Wildman–Crippen MR) is 135 cm³/mol. The zero-order chi connectivity index (χ0) is 25.0. The second-order valence-electron chi connectivity index (χ2n) is 8.85. The number of fused-ring (bicyclic) bond motifs is 3. The molecule has 35 heavy (non-hydrogen) atoms. The third-order valence-corrected chi connectivity index (χ3v) is 6.96. The average molecular weight is 550 g/mol. The molecule has 1 aromatic carbocycles. The number of hydrogen-bond acceptors (Lipinski definition) is 6. The highest BCUT2D eigenvalue weighted by Gasteiger charge is 2.29. The zero-order valence-corrected chi connectivity index (χ0v) is 21.8. The Kier molecular flexibility index (Phi) is 8.10. The van der Waals surface area contributed by atoms with E-state index in [0.29, 0.717) is 69.3 Å². The third-order valence-electron chi connectivity index (χ3n) is 6.47. The number of ether oxygens (including phenoxy) is 2. The highest BCUT2D eigenvalue weighted by atomic mass is 79.9. The van der Waals surface area contributed by atoms with E-state index in [1.807, 2.05) is 30.5 Å². The Morgan fingerprint density at radius 2 is 2.06 bits per heavy atom. The summed E-state index contributed by atoms with van der Waals surface area (Å²) in [5.74, 6) is 0.682. The minimum absolute atomic E-state index is 0.290. The topological polar surface area (TPSA) is 107 Å². The maximum Gasteiger partial charge on any atom is 0.410 e. The number of pyridine rings is 1. The van der Waals surface area contributed by atoms with Crippen molar-refractivity contribution < 1.29 is 23.6 Å². The first kappa shape index (κ1) is 25.6. The van der Waals surface area contributed by atoms with Gasteiger partial charge in [0.2, 0.25) is 11.7 Å². The molecule has 1 fully saturated rings. The highest BCUT2D eigenvalue weighted by molar-refractivity contribution is 9.10. The predicted octanol–water partition coefficient (Wildman–Crippen LogP) is 3.69. The fraction of sp³-hybridized carbons (Fsp3) is 0.542. The molecule has 2 aromatic heterocycles. The standard InChI is InChI=1S/C24H32BrN5O5/c1-3-5-14-35-24(31)27-8-11-30(33,12-9-27)13-10-28-22(17-34-4-2)26-20-16-29(32)21-15-18(25)6-7-19(21)23(20)28/h6-7,15-16H,3-5,8-14,17H2,1-2H3. The van der Waals surface area contributed by atoms with Crippen LogP contribution in [0.1, 0.15) is 32.5 Å². The number of halogens is 1. The van der Waals surface area contributed by atoms with Crippen molar-refractivity contribution in [3.05, 3.63) is 45.1 Å². The molecule has 0 aliphatic carbocycles. The number of aromatic nitrogens is 3. The van der Waals surface area contributed by atoms with Crippen LogP contribution in [0.25, 0.3) is 21.9 Å². The van der Waals surface area contributed by atoms with Gasteiger partial charge in [-0.25, -0.2) is 9.78 Å². The van der Waals surface area contributed by atoms with E-state index in [0.717, 1.165) is 32.9 Å². The van der Waals surface area contributed by atoms with Crippen LogP contribution in [-0.2, 0) is 22.6 Å². The van der Waals surface area contributed by atoms with Crippen molar-refractivity contribution in [1.29, 1.82) is 0 Å². The molecule has 0 spiro atoms. The van der Waals surface area contributed by atoms with Gasteiger partial charge in [-0.15, -0.1) is 0 Å². The first-order valence-corrected chi connectivity index (χ1v) is 12.9. The summed E-state index contributed by atoms with van der Waals surface area (Å²) in [4.78, 5) is 18.5. The van der Waals surface area contributed by atoms with Gasteiger partial charge in [0.1, 0.15) is 12.4 Å². The van der Waals surface area contributed by atoms with E-state index >= 15 is 0 Å². The molecule has 1 saturated heterocycles. The normalized spacial score (nSPS) is 15.7. The number of carbonyl (C=O) groups is 1. The highest BCUT2D eigenvalue weighted by Crippen LogP contribution is 2.27. The smallest absolute Gasteiger partial charge is 0.410 e. The summed E-state index contributed by atoms with van der Waals surface area (Å²) in [5.41, 5.74) is 1.91. The number of imidazole rings is 1. The molecule has 0 atom stereocenters. The van der Waals surface area contributed by atoms with Gasteiger partial charge in [-0.2, -0.15) is 4.73 Å². The van der Waals surface area contributed by atoms with Crippen LogP contribution in [0.3, 0.4) is 0 Å². The van der Waals surface area contributed by atoms with Gasteiger partial charge in [-0.05, 0) is 25.5 Å². The lowest BCUT2D eigenvalue weighted by molar-refractivity contribution is -0.885. The summed E-state index contributed by atoms with van der Waals surface area (Å²) in [6.45, 7) is 7.31. The number of unbranched alkanes of at least 4 members (excludes halogenated alkanes) is 1. The Morgan fingerprint density at radius 1 is 1.29 bits per heavy atom. The summed E-state index contributed by atoms with van der Waals surface area (Å²) in [5, 5.41) is 26.9. The second-order valence-corrected chi connectivity index (χ2v) is 9.77.